The number of rotatable bonds is 6. The van der Waals surface area contributed by atoms with Gasteiger partial charge >= 0.3 is 0 Å². The second-order valence-electron chi connectivity index (χ2n) is 5.69. The summed E-state index contributed by atoms with van der Waals surface area (Å²) < 4.78 is 0. The van der Waals surface area contributed by atoms with E-state index >= 15 is 0 Å². The molecule has 2 rings (SSSR count). The van der Waals surface area contributed by atoms with Gasteiger partial charge in [0.2, 0.25) is 5.91 Å². The van der Waals surface area contributed by atoms with Crippen molar-refractivity contribution in [2.75, 3.05) is 19.7 Å². The Bertz CT molecular complexity index is 490. The Hall–Kier alpha value is -1.40. The molecule has 2 N–H and O–H groups in total. The molecule has 1 saturated heterocycles. The standard InChI is InChI=1S/C16H24N2O3S/c1-2-13(7-9-19)17-15(20)12-5-3-8-18(11-12)16(21)14-6-4-10-22-14/h4,6,10,12-13,19H,2-3,5,7-9,11H2,1H3,(H,17,20). The molecule has 0 spiro atoms. The first-order valence-corrected chi connectivity index (χ1v) is 8.77. The molecule has 0 bridgehead atoms. The van der Waals surface area contributed by atoms with E-state index in [0.717, 1.165) is 24.1 Å². The largest absolute Gasteiger partial charge is 0.396 e. The molecule has 2 atom stereocenters. The van der Waals surface area contributed by atoms with Gasteiger partial charge in [0.25, 0.3) is 5.91 Å². The van der Waals surface area contributed by atoms with Gasteiger partial charge in [0.15, 0.2) is 0 Å². The SMILES string of the molecule is CCC(CCO)NC(=O)C1CCCN(C(=O)c2cccs2)C1. The molecule has 122 valence electrons. The van der Waals surface area contributed by atoms with Crippen LogP contribution in [0.2, 0.25) is 0 Å². The maximum atomic E-state index is 12.4. The predicted octanol–water partition coefficient (Wildman–Crippen LogP) is 1.88. The van der Waals surface area contributed by atoms with Crippen molar-refractivity contribution >= 4 is 23.2 Å². The number of carbonyl (C=O) groups excluding carboxylic acids is 2. The van der Waals surface area contributed by atoms with E-state index < -0.39 is 0 Å². The zero-order valence-electron chi connectivity index (χ0n) is 13.0. The number of piperidine rings is 1. The van der Waals surface area contributed by atoms with Gasteiger partial charge in [0.1, 0.15) is 0 Å². The van der Waals surface area contributed by atoms with Crippen molar-refractivity contribution in [1.29, 1.82) is 0 Å². The molecule has 1 aromatic rings. The molecule has 1 fully saturated rings. The van der Waals surface area contributed by atoms with Crippen molar-refractivity contribution in [3.8, 4) is 0 Å². The fourth-order valence-electron chi connectivity index (χ4n) is 2.78. The average molecular weight is 324 g/mol. The third kappa shape index (κ3) is 4.30. The van der Waals surface area contributed by atoms with Crippen molar-refractivity contribution in [3.05, 3.63) is 22.4 Å². The Kier molecular flexibility index (Phi) is 6.39. The summed E-state index contributed by atoms with van der Waals surface area (Å²) in [6.45, 7) is 3.27. The van der Waals surface area contributed by atoms with Gasteiger partial charge in [-0.3, -0.25) is 9.59 Å². The minimum Gasteiger partial charge on any atom is -0.396 e. The fraction of sp³-hybridized carbons (Fsp3) is 0.625. The average Bonchev–Trinajstić information content (AvgIpc) is 3.08. The summed E-state index contributed by atoms with van der Waals surface area (Å²) in [5, 5.41) is 13.9. The summed E-state index contributed by atoms with van der Waals surface area (Å²) >= 11 is 1.44. The van der Waals surface area contributed by atoms with E-state index in [1.165, 1.54) is 11.3 Å². The van der Waals surface area contributed by atoms with E-state index in [0.29, 0.717) is 19.5 Å². The Morgan fingerprint density at radius 2 is 2.36 bits per heavy atom. The predicted molar refractivity (Wildman–Crippen MR) is 86.9 cm³/mol. The van der Waals surface area contributed by atoms with Gasteiger partial charge in [-0.1, -0.05) is 13.0 Å². The molecular weight excluding hydrogens is 300 g/mol. The highest BCUT2D eigenvalue weighted by molar-refractivity contribution is 7.12. The molecular formula is C16H24N2O3S. The van der Waals surface area contributed by atoms with Crippen molar-refractivity contribution in [3.63, 3.8) is 0 Å². The van der Waals surface area contributed by atoms with Crippen LogP contribution in [0.4, 0.5) is 0 Å². The number of carbonyl (C=O) groups is 2. The number of nitrogens with zero attached hydrogens (tertiary/aromatic N) is 1. The van der Waals surface area contributed by atoms with Crippen molar-refractivity contribution in [2.24, 2.45) is 5.92 Å². The van der Waals surface area contributed by atoms with Crippen molar-refractivity contribution < 1.29 is 14.7 Å². The number of hydrogen-bond donors (Lipinski definition) is 2. The molecule has 1 aliphatic heterocycles. The van der Waals surface area contributed by atoms with Crippen LogP contribution in [0.15, 0.2) is 17.5 Å². The molecule has 5 nitrogen and oxygen atoms in total. The molecule has 0 aromatic carbocycles. The van der Waals surface area contributed by atoms with Crippen LogP contribution in [0.25, 0.3) is 0 Å². The number of likely N-dealkylation sites (tertiary alicyclic amines) is 1. The van der Waals surface area contributed by atoms with Gasteiger partial charge in [-0.2, -0.15) is 0 Å². The molecule has 22 heavy (non-hydrogen) atoms. The zero-order chi connectivity index (χ0) is 15.9. The second-order valence-corrected chi connectivity index (χ2v) is 6.64. The lowest BCUT2D eigenvalue weighted by atomic mass is 9.96. The second kappa shape index (κ2) is 8.29. The Labute approximate surface area is 135 Å². The lowest BCUT2D eigenvalue weighted by molar-refractivity contribution is -0.127. The summed E-state index contributed by atoms with van der Waals surface area (Å²) in [7, 11) is 0. The van der Waals surface area contributed by atoms with Crippen LogP contribution in [0.1, 0.15) is 42.3 Å². The third-order valence-corrected chi connectivity index (χ3v) is 4.99. The van der Waals surface area contributed by atoms with Gasteiger partial charge in [-0.15, -0.1) is 11.3 Å². The lowest BCUT2D eigenvalue weighted by Crippen LogP contribution is -2.47. The quantitative estimate of drug-likeness (QED) is 0.839. The molecule has 0 radical (unpaired) electrons. The molecule has 1 aromatic heterocycles. The summed E-state index contributed by atoms with van der Waals surface area (Å²) in [6.07, 6.45) is 3.05. The molecule has 6 heteroatoms. The van der Waals surface area contributed by atoms with Crippen LogP contribution in [-0.4, -0.2) is 47.6 Å². The molecule has 2 amide bonds. The van der Waals surface area contributed by atoms with Crippen LogP contribution in [0, 0.1) is 5.92 Å². The minimum absolute atomic E-state index is 0.00368. The van der Waals surface area contributed by atoms with E-state index in [1.54, 1.807) is 4.90 Å². The van der Waals surface area contributed by atoms with E-state index in [4.69, 9.17) is 5.11 Å². The number of amides is 2. The van der Waals surface area contributed by atoms with E-state index in [9.17, 15) is 9.59 Å². The summed E-state index contributed by atoms with van der Waals surface area (Å²) in [6, 6.07) is 3.71. The number of thiophene rings is 1. The van der Waals surface area contributed by atoms with Crippen molar-refractivity contribution in [2.45, 2.75) is 38.6 Å². The Morgan fingerprint density at radius 3 is 3.00 bits per heavy atom. The Balaban J connectivity index is 1.92. The maximum absolute atomic E-state index is 12.4. The number of hydrogen-bond acceptors (Lipinski definition) is 4. The molecule has 0 saturated carbocycles. The van der Waals surface area contributed by atoms with Crippen LogP contribution in [0.5, 0.6) is 0 Å². The first-order valence-electron chi connectivity index (χ1n) is 7.89. The number of nitrogens with one attached hydrogen (secondary N) is 1. The van der Waals surface area contributed by atoms with Crippen LogP contribution < -0.4 is 5.32 Å². The van der Waals surface area contributed by atoms with Gasteiger partial charge in [-0.05, 0) is 37.1 Å². The Morgan fingerprint density at radius 1 is 1.55 bits per heavy atom. The summed E-state index contributed by atoms with van der Waals surface area (Å²) in [5.74, 6) is -0.121. The fourth-order valence-corrected chi connectivity index (χ4v) is 3.48. The highest BCUT2D eigenvalue weighted by Crippen LogP contribution is 2.21. The molecule has 0 aliphatic carbocycles. The normalized spacial score (nSPS) is 19.7. The highest BCUT2D eigenvalue weighted by atomic mass is 32.1. The van der Waals surface area contributed by atoms with Crippen LogP contribution >= 0.6 is 11.3 Å². The zero-order valence-corrected chi connectivity index (χ0v) is 13.8. The smallest absolute Gasteiger partial charge is 0.263 e. The number of aliphatic hydroxyl groups is 1. The minimum atomic E-state index is -0.148. The molecule has 2 unspecified atom stereocenters. The third-order valence-electron chi connectivity index (χ3n) is 4.13. The highest BCUT2D eigenvalue weighted by Gasteiger charge is 2.29. The first kappa shape index (κ1) is 17.0. The van der Waals surface area contributed by atoms with Gasteiger partial charge in [-0.25, -0.2) is 0 Å². The van der Waals surface area contributed by atoms with Gasteiger partial charge in [0, 0.05) is 25.7 Å². The summed E-state index contributed by atoms with van der Waals surface area (Å²) in [5.41, 5.74) is 0. The topological polar surface area (TPSA) is 69.6 Å². The van der Waals surface area contributed by atoms with E-state index in [1.807, 2.05) is 24.4 Å². The van der Waals surface area contributed by atoms with Crippen molar-refractivity contribution in [1.82, 2.24) is 10.2 Å². The van der Waals surface area contributed by atoms with E-state index in [-0.39, 0.29) is 30.4 Å². The first-order chi connectivity index (χ1) is 10.7. The van der Waals surface area contributed by atoms with Gasteiger partial charge < -0.3 is 15.3 Å². The molecule has 2 heterocycles. The maximum Gasteiger partial charge on any atom is 0.263 e. The monoisotopic (exact) mass is 324 g/mol. The van der Waals surface area contributed by atoms with Gasteiger partial charge in [0.05, 0.1) is 10.8 Å². The van der Waals surface area contributed by atoms with E-state index in [2.05, 4.69) is 5.32 Å². The lowest BCUT2D eigenvalue weighted by Gasteiger charge is -2.32. The van der Waals surface area contributed by atoms with Crippen LogP contribution in [-0.2, 0) is 4.79 Å². The number of aliphatic hydroxyl groups excluding tert-OH is 1. The summed E-state index contributed by atoms with van der Waals surface area (Å²) in [4.78, 5) is 27.3. The molecule has 1 aliphatic rings. The van der Waals surface area contributed by atoms with Crippen LogP contribution in [0.3, 0.4) is 0 Å².